The van der Waals surface area contributed by atoms with Crippen molar-refractivity contribution in [3.63, 3.8) is 0 Å². The number of hydrogen-bond acceptors (Lipinski definition) is 5. The van der Waals surface area contributed by atoms with Crippen molar-refractivity contribution in [2.75, 3.05) is 6.54 Å². The largest absolute Gasteiger partial charge is 0.389 e. The number of thiophene rings is 1. The lowest BCUT2D eigenvalue weighted by Gasteiger charge is -2.38. The van der Waals surface area contributed by atoms with Gasteiger partial charge in [0.15, 0.2) is 0 Å². The first kappa shape index (κ1) is 17.6. The molecule has 0 spiro atoms. The third-order valence-corrected chi connectivity index (χ3v) is 6.48. The molecule has 1 aliphatic carbocycles. The fraction of sp³-hybridized carbons (Fsp3) is 0.500. The highest BCUT2D eigenvalue weighted by Gasteiger charge is 2.38. The Kier molecular flexibility index (Phi) is 5.07. The minimum Gasteiger partial charge on any atom is -0.389 e. The van der Waals surface area contributed by atoms with Crippen LogP contribution in [0.2, 0.25) is 0 Å². The number of nitrogens with zero attached hydrogens (tertiary/aromatic N) is 2. The van der Waals surface area contributed by atoms with Crippen LogP contribution in [0.3, 0.4) is 0 Å². The van der Waals surface area contributed by atoms with Crippen molar-refractivity contribution < 1.29 is 14.6 Å². The third-order valence-electron chi connectivity index (χ3n) is 5.27. The van der Waals surface area contributed by atoms with Gasteiger partial charge in [0.25, 0.3) is 0 Å². The van der Waals surface area contributed by atoms with Crippen LogP contribution in [0.5, 0.6) is 0 Å². The SMILES string of the molecule is O=C(CC1(O)CCC1)N1CCc2sc(COCc3cccnc3)cc2C1. The first-order chi connectivity index (χ1) is 12.6. The number of pyridine rings is 1. The maximum absolute atomic E-state index is 12.5. The summed E-state index contributed by atoms with van der Waals surface area (Å²) in [7, 11) is 0. The summed E-state index contributed by atoms with van der Waals surface area (Å²) in [6.45, 7) is 2.54. The summed E-state index contributed by atoms with van der Waals surface area (Å²) in [4.78, 5) is 21.0. The molecule has 6 heteroatoms. The van der Waals surface area contributed by atoms with Crippen LogP contribution in [0.25, 0.3) is 0 Å². The summed E-state index contributed by atoms with van der Waals surface area (Å²) in [6, 6.07) is 6.08. The van der Waals surface area contributed by atoms with Gasteiger partial charge in [0, 0.05) is 35.2 Å². The molecule has 1 fully saturated rings. The highest BCUT2D eigenvalue weighted by molar-refractivity contribution is 7.12. The van der Waals surface area contributed by atoms with Gasteiger partial charge >= 0.3 is 0 Å². The zero-order valence-electron chi connectivity index (χ0n) is 14.8. The van der Waals surface area contributed by atoms with Gasteiger partial charge in [-0.2, -0.15) is 0 Å². The molecule has 0 radical (unpaired) electrons. The van der Waals surface area contributed by atoms with Crippen LogP contribution in [0, 0.1) is 0 Å². The van der Waals surface area contributed by atoms with Gasteiger partial charge in [0.05, 0.1) is 25.2 Å². The first-order valence-corrected chi connectivity index (χ1v) is 10.0. The van der Waals surface area contributed by atoms with E-state index in [1.807, 2.05) is 23.2 Å². The van der Waals surface area contributed by atoms with E-state index in [4.69, 9.17) is 4.74 Å². The summed E-state index contributed by atoms with van der Waals surface area (Å²) in [5.41, 5.74) is 1.56. The molecule has 1 aliphatic heterocycles. The zero-order chi connectivity index (χ0) is 18.0. The molecule has 0 atom stereocenters. The maximum atomic E-state index is 12.5. The Morgan fingerprint density at radius 2 is 2.27 bits per heavy atom. The Balaban J connectivity index is 1.31. The smallest absolute Gasteiger partial charge is 0.225 e. The molecule has 2 aromatic heterocycles. The van der Waals surface area contributed by atoms with E-state index in [9.17, 15) is 9.90 Å². The summed E-state index contributed by atoms with van der Waals surface area (Å²) in [5, 5.41) is 10.2. The molecule has 0 aromatic carbocycles. The van der Waals surface area contributed by atoms with E-state index in [0.29, 0.717) is 19.8 Å². The molecule has 5 nitrogen and oxygen atoms in total. The number of aliphatic hydroxyl groups is 1. The van der Waals surface area contributed by atoms with Gasteiger partial charge in [-0.1, -0.05) is 6.07 Å². The van der Waals surface area contributed by atoms with Gasteiger partial charge in [0.2, 0.25) is 5.91 Å². The molecule has 2 aromatic rings. The lowest BCUT2D eigenvalue weighted by Crippen LogP contribution is -2.44. The Bertz CT molecular complexity index is 771. The normalized spacial score (nSPS) is 18.3. The van der Waals surface area contributed by atoms with Crippen LogP contribution < -0.4 is 0 Å². The van der Waals surface area contributed by atoms with E-state index in [0.717, 1.165) is 37.8 Å². The summed E-state index contributed by atoms with van der Waals surface area (Å²) in [5.74, 6) is 0.0819. The van der Waals surface area contributed by atoms with Gasteiger partial charge in [0.1, 0.15) is 0 Å². The third kappa shape index (κ3) is 3.98. The van der Waals surface area contributed by atoms with Crippen molar-refractivity contribution in [3.8, 4) is 0 Å². The van der Waals surface area contributed by atoms with E-state index in [2.05, 4.69) is 11.1 Å². The predicted molar refractivity (Wildman–Crippen MR) is 99.6 cm³/mol. The average molecular weight is 372 g/mol. The fourth-order valence-corrected chi connectivity index (χ4v) is 4.69. The molecule has 0 unspecified atom stereocenters. The lowest BCUT2D eigenvalue weighted by atomic mass is 9.77. The van der Waals surface area contributed by atoms with Crippen LogP contribution >= 0.6 is 11.3 Å². The fourth-order valence-electron chi connectivity index (χ4n) is 3.59. The molecule has 0 saturated heterocycles. The topological polar surface area (TPSA) is 62.7 Å². The molecule has 3 heterocycles. The van der Waals surface area contributed by atoms with Crippen molar-refractivity contribution in [1.29, 1.82) is 0 Å². The van der Waals surface area contributed by atoms with Crippen LogP contribution in [-0.2, 0) is 35.7 Å². The molecule has 138 valence electrons. The van der Waals surface area contributed by atoms with Gasteiger partial charge in [-0.05, 0) is 48.9 Å². The number of carbonyl (C=O) groups excluding carboxylic acids is 1. The van der Waals surface area contributed by atoms with Gasteiger partial charge in [-0.3, -0.25) is 9.78 Å². The summed E-state index contributed by atoms with van der Waals surface area (Å²) < 4.78 is 5.80. The Hall–Kier alpha value is -1.76. The molecule has 26 heavy (non-hydrogen) atoms. The quantitative estimate of drug-likeness (QED) is 0.847. The number of ether oxygens (including phenoxy) is 1. The van der Waals surface area contributed by atoms with Crippen LogP contribution in [0.4, 0.5) is 0 Å². The Morgan fingerprint density at radius 1 is 1.38 bits per heavy atom. The van der Waals surface area contributed by atoms with E-state index in [-0.39, 0.29) is 12.3 Å². The number of hydrogen-bond donors (Lipinski definition) is 1. The number of rotatable bonds is 6. The van der Waals surface area contributed by atoms with Crippen molar-refractivity contribution >= 4 is 17.2 Å². The second kappa shape index (κ2) is 7.47. The monoisotopic (exact) mass is 372 g/mol. The molecular formula is C20H24N2O3S. The molecule has 4 rings (SSSR count). The molecule has 1 N–H and O–H groups in total. The number of amides is 1. The Morgan fingerprint density at radius 3 is 3.00 bits per heavy atom. The van der Waals surface area contributed by atoms with Gasteiger partial charge < -0.3 is 14.7 Å². The summed E-state index contributed by atoms with van der Waals surface area (Å²) in [6.07, 6.45) is 7.29. The van der Waals surface area contributed by atoms with Gasteiger partial charge in [-0.15, -0.1) is 11.3 Å². The predicted octanol–water partition coefficient (Wildman–Crippen LogP) is 3.05. The number of fused-ring (bicyclic) bond motifs is 1. The second-order valence-electron chi connectivity index (χ2n) is 7.34. The minimum atomic E-state index is -0.739. The number of carbonyl (C=O) groups is 1. The molecular weight excluding hydrogens is 348 g/mol. The van der Waals surface area contributed by atoms with Crippen molar-refractivity contribution in [3.05, 3.63) is 51.5 Å². The van der Waals surface area contributed by atoms with Crippen LogP contribution in [0.1, 0.15) is 46.6 Å². The number of aromatic nitrogens is 1. The molecule has 1 saturated carbocycles. The van der Waals surface area contributed by atoms with Crippen molar-refractivity contribution in [2.45, 2.75) is 57.5 Å². The molecule has 1 amide bonds. The van der Waals surface area contributed by atoms with Crippen molar-refractivity contribution in [2.24, 2.45) is 0 Å². The van der Waals surface area contributed by atoms with Crippen LogP contribution in [-0.4, -0.2) is 33.0 Å². The second-order valence-corrected chi connectivity index (χ2v) is 8.56. The molecule has 0 bridgehead atoms. The van der Waals surface area contributed by atoms with Crippen molar-refractivity contribution in [1.82, 2.24) is 9.88 Å². The minimum absolute atomic E-state index is 0.0819. The highest BCUT2D eigenvalue weighted by atomic mass is 32.1. The van der Waals surface area contributed by atoms with E-state index in [1.54, 1.807) is 17.5 Å². The van der Waals surface area contributed by atoms with E-state index >= 15 is 0 Å². The van der Waals surface area contributed by atoms with E-state index in [1.165, 1.54) is 15.3 Å². The van der Waals surface area contributed by atoms with Gasteiger partial charge in [-0.25, -0.2) is 0 Å². The lowest BCUT2D eigenvalue weighted by molar-refractivity contribution is -0.141. The summed E-state index contributed by atoms with van der Waals surface area (Å²) >= 11 is 1.79. The maximum Gasteiger partial charge on any atom is 0.225 e. The van der Waals surface area contributed by atoms with Crippen LogP contribution in [0.15, 0.2) is 30.6 Å². The highest BCUT2D eigenvalue weighted by Crippen LogP contribution is 2.36. The average Bonchev–Trinajstić information content (AvgIpc) is 3.03. The zero-order valence-corrected chi connectivity index (χ0v) is 15.6. The standard InChI is InChI=1S/C20H24N2O3S/c23-19(10-20(24)5-2-6-20)22-8-4-18-16(12-22)9-17(26-18)14-25-13-15-3-1-7-21-11-15/h1,3,7,9,11,24H,2,4-6,8,10,12-14H2. The first-order valence-electron chi connectivity index (χ1n) is 9.19. The van der Waals surface area contributed by atoms with E-state index < -0.39 is 5.60 Å². The molecule has 2 aliphatic rings. The Labute approximate surface area is 157 Å².